The van der Waals surface area contributed by atoms with Crippen molar-refractivity contribution in [3.63, 3.8) is 0 Å². The predicted octanol–water partition coefficient (Wildman–Crippen LogP) is 3.54. The van der Waals surface area contributed by atoms with Gasteiger partial charge in [-0.2, -0.15) is 0 Å². The van der Waals surface area contributed by atoms with E-state index in [0.717, 1.165) is 38.5 Å². The topological polar surface area (TPSA) is 91.3 Å². The van der Waals surface area contributed by atoms with E-state index in [9.17, 15) is 14.7 Å². The summed E-state index contributed by atoms with van der Waals surface area (Å²) in [6.07, 6.45) is 8.98. The summed E-state index contributed by atoms with van der Waals surface area (Å²) in [5.41, 5.74) is 0.00100. The predicted molar refractivity (Wildman–Crippen MR) is 93.2 cm³/mol. The summed E-state index contributed by atoms with van der Waals surface area (Å²) < 4.78 is 22.7. The zero-order valence-electron chi connectivity index (χ0n) is 15.6. The van der Waals surface area contributed by atoms with Crippen LogP contribution in [-0.2, 0) is 28.5 Å². The molecule has 2 saturated carbocycles. The molecule has 0 aromatic rings. The Morgan fingerprint density at radius 1 is 0.852 bits per heavy atom. The molecule has 3 fully saturated rings. The van der Waals surface area contributed by atoms with Crippen molar-refractivity contribution in [3.8, 4) is 0 Å². The zero-order chi connectivity index (χ0) is 19.1. The van der Waals surface area contributed by atoms with Gasteiger partial charge in [-0.15, -0.1) is 0 Å². The van der Waals surface area contributed by atoms with Gasteiger partial charge in [0.25, 0.3) is 11.7 Å². The Morgan fingerprint density at radius 2 is 1.41 bits per heavy atom. The van der Waals surface area contributed by atoms with Crippen LogP contribution in [0.15, 0.2) is 23.2 Å². The van der Waals surface area contributed by atoms with E-state index in [1.807, 2.05) is 0 Å². The Kier molecular flexibility index (Phi) is 4.66. The maximum absolute atomic E-state index is 12.6. The second-order valence-electron chi connectivity index (χ2n) is 7.90. The number of aliphatic hydroxyl groups is 1. The minimum absolute atomic E-state index is 0.173. The third-order valence-electron chi connectivity index (χ3n) is 5.89. The molecule has 0 bridgehead atoms. The molecule has 0 aromatic heterocycles. The third-order valence-corrected chi connectivity index (χ3v) is 5.89. The van der Waals surface area contributed by atoms with Gasteiger partial charge in [-0.05, 0) is 38.7 Å². The van der Waals surface area contributed by atoms with Crippen molar-refractivity contribution < 1.29 is 33.6 Å². The van der Waals surface area contributed by atoms with Gasteiger partial charge in [0, 0.05) is 25.7 Å². The first kappa shape index (κ1) is 18.3. The van der Waals surface area contributed by atoms with Crippen molar-refractivity contribution in [1.29, 1.82) is 0 Å². The van der Waals surface area contributed by atoms with Crippen LogP contribution >= 0.6 is 0 Å². The molecule has 148 valence electrons. The highest BCUT2D eigenvalue weighted by molar-refractivity contribution is 5.97. The van der Waals surface area contributed by atoms with Gasteiger partial charge in [-0.1, -0.05) is 12.8 Å². The SMILES string of the molecule is CC1OC2(CCCCC2)OC(=O)C1=CC1=C(O)OC2(CCCCC2)OC1=O. The van der Waals surface area contributed by atoms with Crippen molar-refractivity contribution in [2.75, 3.05) is 0 Å². The number of ether oxygens (including phenoxy) is 4. The summed E-state index contributed by atoms with van der Waals surface area (Å²) in [5.74, 6) is -3.66. The van der Waals surface area contributed by atoms with E-state index in [-0.39, 0.29) is 11.1 Å². The monoisotopic (exact) mass is 378 g/mol. The van der Waals surface area contributed by atoms with Crippen molar-refractivity contribution in [2.24, 2.45) is 0 Å². The van der Waals surface area contributed by atoms with Crippen LogP contribution in [0, 0.1) is 0 Å². The molecule has 2 spiro atoms. The average molecular weight is 378 g/mol. The van der Waals surface area contributed by atoms with Gasteiger partial charge in [0.05, 0.1) is 11.7 Å². The molecule has 27 heavy (non-hydrogen) atoms. The Hall–Kier alpha value is -2.02. The average Bonchev–Trinajstić information content (AvgIpc) is 2.61. The quantitative estimate of drug-likeness (QED) is 0.551. The van der Waals surface area contributed by atoms with Gasteiger partial charge in [0.15, 0.2) is 0 Å². The molecule has 2 aliphatic heterocycles. The molecular formula is C20H26O7. The number of hydrogen-bond acceptors (Lipinski definition) is 7. The first-order chi connectivity index (χ1) is 12.9. The van der Waals surface area contributed by atoms with Gasteiger partial charge in [-0.3, -0.25) is 0 Å². The first-order valence-electron chi connectivity index (χ1n) is 9.90. The first-order valence-corrected chi connectivity index (χ1v) is 9.90. The number of carbonyl (C=O) groups excluding carboxylic acids is 2. The van der Waals surface area contributed by atoms with Crippen molar-refractivity contribution >= 4 is 11.9 Å². The van der Waals surface area contributed by atoms with Gasteiger partial charge in [0.1, 0.15) is 5.57 Å². The van der Waals surface area contributed by atoms with E-state index in [2.05, 4.69) is 0 Å². The maximum Gasteiger partial charge on any atom is 0.348 e. The number of aliphatic hydroxyl groups excluding tert-OH is 1. The lowest BCUT2D eigenvalue weighted by molar-refractivity contribution is -0.268. The molecule has 1 saturated heterocycles. The lowest BCUT2D eigenvalue weighted by atomic mass is 9.92. The Morgan fingerprint density at radius 3 is 1.96 bits per heavy atom. The van der Waals surface area contributed by atoms with Crippen LogP contribution in [0.1, 0.15) is 71.1 Å². The minimum atomic E-state index is -1.08. The summed E-state index contributed by atoms with van der Waals surface area (Å²) in [5, 5.41) is 10.3. The lowest BCUT2D eigenvalue weighted by Gasteiger charge is -2.42. The molecule has 0 amide bonds. The van der Waals surface area contributed by atoms with Gasteiger partial charge in [-0.25, -0.2) is 9.59 Å². The second kappa shape index (κ2) is 6.86. The molecule has 4 aliphatic rings. The van der Waals surface area contributed by atoms with Crippen LogP contribution in [-0.4, -0.2) is 34.7 Å². The summed E-state index contributed by atoms with van der Waals surface area (Å²) in [4.78, 5) is 25.1. The number of carbonyl (C=O) groups is 2. The van der Waals surface area contributed by atoms with Crippen LogP contribution in [0.2, 0.25) is 0 Å². The third kappa shape index (κ3) is 3.45. The summed E-state index contributed by atoms with van der Waals surface area (Å²) in [6, 6.07) is 0. The van der Waals surface area contributed by atoms with E-state index in [1.165, 1.54) is 6.08 Å². The second-order valence-corrected chi connectivity index (χ2v) is 7.90. The Labute approximate surface area is 158 Å². The molecule has 2 heterocycles. The molecule has 1 N–H and O–H groups in total. The molecule has 7 nitrogen and oxygen atoms in total. The van der Waals surface area contributed by atoms with Gasteiger partial charge < -0.3 is 24.1 Å². The van der Waals surface area contributed by atoms with E-state index >= 15 is 0 Å². The van der Waals surface area contributed by atoms with Crippen LogP contribution in [0.25, 0.3) is 0 Å². The lowest BCUT2D eigenvalue weighted by Crippen LogP contribution is -2.49. The van der Waals surface area contributed by atoms with E-state index in [1.54, 1.807) is 6.92 Å². The molecule has 0 radical (unpaired) electrons. The van der Waals surface area contributed by atoms with E-state index in [0.29, 0.717) is 25.7 Å². The summed E-state index contributed by atoms with van der Waals surface area (Å²) >= 11 is 0. The molecule has 1 atom stereocenters. The highest BCUT2D eigenvalue weighted by Gasteiger charge is 2.47. The van der Waals surface area contributed by atoms with Crippen molar-refractivity contribution in [3.05, 3.63) is 23.2 Å². The Bertz CT molecular complexity index is 693. The number of rotatable bonds is 1. The molecular weight excluding hydrogens is 352 g/mol. The van der Waals surface area contributed by atoms with E-state index in [4.69, 9.17) is 18.9 Å². The summed E-state index contributed by atoms with van der Waals surface area (Å²) in [6.45, 7) is 1.75. The van der Waals surface area contributed by atoms with Crippen molar-refractivity contribution in [1.82, 2.24) is 0 Å². The normalized spacial score (nSPS) is 31.6. The van der Waals surface area contributed by atoms with Crippen LogP contribution in [0.3, 0.4) is 0 Å². The van der Waals surface area contributed by atoms with Crippen LogP contribution in [0.4, 0.5) is 0 Å². The standard InChI is InChI=1S/C20H26O7/c1-13-14(16(21)25-19(24-13)8-4-2-5-9-19)12-15-17(22)26-20(27-18(15)23)10-6-3-7-11-20/h12-13,22H,2-11H2,1H3. The molecule has 2 aliphatic carbocycles. The fraction of sp³-hybridized carbons (Fsp3) is 0.700. The number of esters is 2. The van der Waals surface area contributed by atoms with Crippen molar-refractivity contribution in [2.45, 2.75) is 88.8 Å². The molecule has 0 aromatic carbocycles. The molecule has 1 unspecified atom stereocenters. The van der Waals surface area contributed by atoms with Crippen LogP contribution < -0.4 is 0 Å². The highest BCUT2D eigenvalue weighted by Crippen LogP contribution is 2.41. The highest BCUT2D eigenvalue weighted by atomic mass is 16.8. The van der Waals surface area contributed by atoms with Crippen LogP contribution in [0.5, 0.6) is 0 Å². The van der Waals surface area contributed by atoms with Gasteiger partial charge in [0.2, 0.25) is 5.79 Å². The molecule has 7 heteroatoms. The van der Waals surface area contributed by atoms with Gasteiger partial charge >= 0.3 is 11.9 Å². The smallest absolute Gasteiger partial charge is 0.348 e. The molecule has 4 rings (SSSR count). The fourth-order valence-electron chi connectivity index (χ4n) is 4.42. The Balaban J connectivity index is 1.56. The summed E-state index contributed by atoms with van der Waals surface area (Å²) in [7, 11) is 0. The minimum Gasteiger partial charge on any atom is -0.480 e. The fourth-order valence-corrected chi connectivity index (χ4v) is 4.42. The zero-order valence-corrected chi connectivity index (χ0v) is 15.6. The van der Waals surface area contributed by atoms with E-state index < -0.39 is 35.6 Å². The largest absolute Gasteiger partial charge is 0.480 e. The maximum atomic E-state index is 12.6. The number of hydrogen-bond donors (Lipinski definition) is 1.